The van der Waals surface area contributed by atoms with E-state index in [1.54, 1.807) is 0 Å². The van der Waals surface area contributed by atoms with E-state index in [9.17, 15) is 4.79 Å². The van der Waals surface area contributed by atoms with Gasteiger partial charge in [0, 0.05) is 12.6 Å². The third-order valence-electron chi connectivity index (χ3n) is 2.47. The molecule has 0 aromatic carbocycles. The zero-order valence-electron chi connectivity index (χ0n) is 10.8. The number of rotatable bonds is 5. The van der Waals surface area contributed by atoms with E-state index in [1.165, 1.54) is 7.11 Å². The van der Waals surface area contributed by atoms with Crippen molar-refractivity contribution in [3.63, 3.8) is 0 Å². The Morgan fingerprint density at radius 2 is 2.24 bits per heavy atom. The number of ether oxygens (including phenoxy) is 1. The molecule has 1 aromatic rings. The Morgan fingerprint density at radius 3 is 2.76 bits per heavy atom. The summed E-state index contributed by atoms with van der Waals surface area (Å²) < 4.78 is 6.39. The number of aryl methyl sites for hydroxylation is 1. The van der Waals surface area contributed by atoms with Crippen LogP contribution in [0.2, 0.25) is 0 Å². The topological polar surface area (TPSA) is 82.2 Å². The number of aromatic nitrogens is 2. The average Bonchev–Trinajstić information content (AvgIpc) is 2.57. The number of nitrogen functional groups attached to an aromatic ring is 1. The second-order valence-electron chi connectivity index (χ2n) is 4.14. The Balaban J connectivity index is 2.72. The monoisotopic (exact) mass is 240 g/mol. The van der Waals surface area contributed by atoms with Crippen LogP contribution >= 0.6 is 0 Å². The Labute approximate surface area is 101 Å². The van der Waals surface area contributed by atoms with Crippen molar-refractivity contribution in [2.24, 2.45) is 0 Å². The minimum absolute atomic E-state index is 0.214. The van der Waals surface area contributed by atoms with Gasteiger partial charge in [-0.1, -0.05) is 0 Å². The van der Waals surface area contributed by atoms with Gasteiger partial charge in [0.1, 0.15) is 5.82 Å². The average molecular weight is 240 g/mol. The molecule has 0 amide bonds. The normalized spacial score (nSPS) is 10.6. The molecule has 3 N–H and O–H groups in total. The van der Waals surface area contributed by atoms with E-state index in [4.69, 9.17) is 5.73 Å². The van der Waals surface area contributed by atoms with E-state index in [-0.39, 0.29) is 12.0 Å². The van der Waals surface area contributed by atoms with Crippen LogP contribution < -0.4 is 11.1 Å². The second kappa shape index (κ2) is 5.56. The number of methoxy groups -OCH3 is 1. The summed E-state index contributed by atoms with van der Waals surface area (Å²) in [6, 6.07) is 0.214. The highest BCUT2D eigenvalue weighted by Gasteiger charge is 2.14. The number of carbonyl (C=O) groups excluding carboxylic acids is 1. The van der Waals surface area contributed by atoms with Crippen LogP contribution in [0.4, 0.5) is 11.5 Å². The molecule has 0 radical (unpaired) electrons. The fraction of sp³-hybridized carbons (Fsp3) is 0.636. The molecule has 0 saturated heterocycles. The lowest BCUT2D eigenvalue weighted by atomic mass is 10.3. The first-order valence-electron chi connectivity index (χ1n) is 5.62. The number of anilines is 2. The van der Waals surface area contributed by atoms with Crippen LogP contribution in [0.5, 0.6) is 0 Å². The Morgan fingerprint density at radius 1 is 1.59 bits per heavy atom. The lowest BCUT2D eigenvalue weighted by molar-refractivity contribution is -0.140. The van der Waals surface area contributed by atoms with Crippen molar-refractivity contribution in [1.82, 2.24) is 9.78 Å². The van der Waals surface area contributed by atoms with Crippen molar-refractivity contribution in [3.8, 4) is 0 Å². The fourth-order valence-electron chi connectivity index (χ4n) is 1.50. The van der Waals surface area contributed by atoms with E-state index in [1.807, 2.05) is 25.5 Å². The van der Waals surface area contributed by atoms with Gasteiger partial charge in [-0.25, -0.2) is 4.68 Å². The van der Waals surface area contributed by atoms with E-state index >= 15 is 0 Å². The fourth-order valence-corrected chi connectivity index (χ4v) is 1.50. The van der Waals surface area contributed by atoms with Gasteiger partial charge >= 0.3 is 5.97 Å². The minimum atomic E-state index is -0.247. The highest BCUT2D eigenvalue weighted by atomic mass is 16.5. The summed E-state index contributed by atoms with van der Waals surface area (Å²) in [5, 5.41) is 7.46. The maximum absolute atomic E-state index is 11.0. The van der Waals surface area contributed by atoms with Gasteiger partial charge in [-0.2, -0.15) is 5.10 Å². The van der Waals surface area contributed by atoms with Crippen molar-refractivity contribution >= 4 is 17.5 Å². The number of hydrogen-bond donors (Lipinski definition) is 2. The van der Waals surface area contributed by atoms with Crippen LogP contribution in [-0.4, -0.2) is 29.4 Å². The molecule has 0 aliphatic carbocycles. The predicted molar refractivity (Wildman–Crippen MR) is 66.9 cm³/mol. The lowest BCUT2D eigenvalue weighted by Gasteiger charge is -2.12. The van der Waals surface area contributed by atoms with Gasteiger partial charge in [0.2, 0.25) is 0 Å². The number of carbonyl (C=O) groups is 1. The first-order chi connectivity index (χ1) is 7.97. The largest absolute Gasteiger partial charge is 0.469 e. The maximum atomic E-state index is 11.0. The summed E-state index contributed by atoms with van der Waals surface area (Å²) >= 11 is 0. The van der Waals surface area contributed by atoms with Gasteiger partial charge in [-0.05, 0) is 20.8 Å². The summed E-state index contributed by atoms with van der Waals surface area (Å²) in [5.41, 5.74) is 7.35. The number of hydrogen-bond acceptors (Lipinski definition) is 5. The van der Waals surface area contributed by atoms with Crippen LogP contribution in [0.25, 0.3) is 0 Å². The molecule has 0 atom stereocenters. The van der Waals surface area contributed by atoms with Gasteiger partial charge in [0.05, 0.1) is 24.9 Å². The predicted octanol–water partition coefficient (Wildman–Crippen LogP) is 1.33. The Kier molecular flexibility index (Phi) is 4.37. The van der Waals surface area contributed by atoms with E-state index in [2.05, 4.69) is 15.2 Å². The molecule has 0 aliphatic rings. The van der Waals surface area contributed by atoms with Crippen molar-refractivity contribution in [2.45, 2.75) is 33.2 Å². The quantitative estimate of drug-likeness (QED) is 0.759. The molecule has 96 valence electrons. The lowest BCUT2D eigenvalue weighted by Crippen LogP contribution is -2.14. The zero-order chi connectivity index (χ0) is 13.0. The first kappa shape index (κ1) is 13.3. The zero-order valence-corrected chi connectivity index (χ0v) is 10.8. The van der Waals surface area contributed by atoms with Gasteiger partial charge in [-0.15, -0.1) is 0 Å². The van der Waals surface area contributed by atoms with E-state index < -0.39 is 0 Å². The second-order valence-corrected chi connectivity index (χ2v) is 4.14. The van der Waals surface area contributed by atoms with Crippen LogP contribution in [0.15, 0.2) is 0 Å². The van der Waals surface area contributed by atoms with Gasteiger partial charge in [0.25, 0.3) is 0 Å². The first-order valence-corrected chi connectivity index (χ1v) is 5.62. The summed E-state index contributed by atoms with van der Waals surface area (Å²) in [7, 11) is 1.37. The van der Waals surface area contributed by atoms with Crippen LogP contribution in [-0.2, 0) is 9.53 Å². The molecule has 0 unspecified atom stereocenters. The van der Waals surface area contributed by atoms with Crippen molar-refractivity contribution in [3.05, 3.63) is 5.69 Å². The SMILES string of the molecule is COC(=O)CCNc1c(N)c(C)nn1C(C)C. The van der Waals surface area contributed by atoms with Gasteiger partial charge in [-0.3, -0.25) is 4.79 Å². The molecule has 1 rings (SSSR count). The van der Waals surface area contributed by atoms with Gasteiger partial charge < -0.3 is 15.8 Å². The number of nitrogens with zero attached hydrogens (tertiary/aromatic N) is 2. The molecule has 0 fully saturated rings. The highest BCUT2D eigenvalue weighted by Crippen LogP contribution is 2.25. The summed E-state index contributed by atoms with van der Waals surface area (Å²) in [5.74, 6) is 0.518. The Bertz CT molecular complexity index is 398. The van der Waals surface area contributed by atoms with Crippen LogP contribution in [0.3, 0.4) is 0 Å². The van der Waals surface area contributed by atoms with Gasteiger partial charge in [0.15, 0.2) is 0 Å². The third-order valence-corrected chi connectivity index (χ3v) is 2.47. The molecule has 0 spiro atoms. The molecule has 1 heterocycles. The van der Waals surface area contributed by atoms with Crippen molar-refractivity contribution in [2.75, 3.05) is 24.7 Å². The number of nitrogens with one attached hydrogen (secondary N) is 1. The number of nitrogens with two attached hydrogens (primary N) is 1. The molecule has 17 heavy (non-hydrogen) atoms. The maximum Gasteiger partial charge on any atom is 0.307 e. The van der Waals surface area contributed by atoms with Crippen molar-refractivity contribution < 1.29 is 9.53 Å². The summed E-state index contributed by atoms with van der Waals surface area (Å²) in [6.07, 6.45) is 0.304. The molecule has 1 aromatic heterocycles. The molecular weight excluding hydrogens is 220 g/mol. The number of esters is 1. The molecule has 6 heteroatoms. The summed E-state index contributed by atoms with van der Waals surface area (Å²) in [6.45, 7) is 6.39. The smallest absolute Gasteiger partial charge is 0.307 e. The van der Waals surface area contributed by atoms with Crippen molar-refractivity contribution in [1.29, 1.82) is 0 Å². The summed E-state index contributed by atoms with van der Waals surface area (Å²) in [4.78, 5) is 11.0. The standard InChI is InChI=1S/C11H20N4O2/c1-7(2)15-11(10(12)8(3)14-15)13-6-5-9(16)17-4/h7,13H,5-6,12H2,1-4H3. The molecule has 6 nitrogen and oxygen atoms in total. The molecule has 0 saturated carbocycles. The molecular formula is C11H20N4O2. The Hall–Kier alpha value is -1.72. The van der Waals surface area contributed by atoms with E-state index in [0.717, 1.165) is 11.5 Å². The van der Waals surface area contributed by atoms with Crippen LogP contribution in [0, 0.1) is 6.92 Å². The van der Waals surface area contributed by atoms with E-state index in [0.29, 0.717) is 18.7 Å². The van der Waals surface area contributed by atoms with Crippen LogP contribution in [0.1, 0.15) is 32.0 Å². The minimum Gasteiger partial charge on any atom is -0.469 e. The third kappa shape index (κ3) is 3.12. The highest BCUT2D eigenvalue weighted by molar-refractivity contribution is 5.70. The molecule has 0 bridgehead atoms. The molecule has 0 aliphatic heterocycles.